The van der Waals surface area contributed by atoms with Gasteiger partial charge in [-0.05, 0) is 49.4 Å². The molecular formula is C20H24N4O3. The third kappa shape index (κ3) is 5.85. The fourth-order valence-electron chi connectivity index (χ4n) is 2.38. The van der Waals surface area contributed by atoms with Crippen LogP contribution in [0.2, 0.25) is 0 Å². The van der Waals surface area contributed by atoms with E-state index in [9.17, 15) is 14.4 Å². The number of hydrogen-bond donors (Lipinski definition) is 3. The van der Waals surface area contributed by atoms with E-state index < -0.39 is 0 Å². The summed E-state index contributed by atoms with van der Waals surface area (Å²) in [6.45, 7) is 2.49. The highest BCUT2D eigenvalue weighted by atomic mass is 16.2. The molecule has 0 aliphatic carbocycles. The number of nitrogens with zero attached hydrogens (tertiary/aromatic N) is 1. The van der Waals surface area contributed by atoms with Gasteiger partial charge in [0.25, 0.3) is 11.8 Å². The molecule has 2 aromatic rings. The van der Waals surface area contributed by atoms with E-state index in [2.05, 4.69) is 16.0 Å². The molecule has 7 heteroatoms. The smallest absolute Gasteiger partial charge is 0.253 e. The summed E-state index contributed by atoms with van der Waals surface area (Å²) in [6.07, 6.45) is 0. The standard InChI is InChI=1S/C20H24N4O3/c1-4-21-19(26)14-8-10-16(11-9-14)22-13-18(25)23-17-7-5-6-15(12-17)20(27)24(2)3/h5-12,22H,4,13H2,1-3H3,(H,21,26)(H,23,25). The Kier molecular flexibility index (Phi) is 6.93. The third-order valence-electron chi connectivity index (χ3n) is 3.74. The number of rotatable bonds is 7. The zero-order valence-corrected chi connectivity index (χ0v) is 15.7. The zero-order valence-electron chi connectivity index (χ0n) is 15.7. The Bertz CT molecular complexity index is 816. The number of nitrogens with one attached hydrogen (secondary N) is 3. The van der Waals surface area contributed by atoms with E-state index in [1.807, 2.05) is 6.92 Å². The van der Waals surface area contributed by atoms with Crippen LogP contribution in [-0.2, 0) is 4.79 Å². The number of anilines is 2. The second-order valence-electron chi connectivity index (χ2n) is 6.12. The van der Waals surface area contributed by atoms with Gasteiger partial charge in [-0.15, -0.1) is 0 Å². The first-order valence-electron chi connectivity index (χ1n) is 8.64. The highest BCUT2D eigenvalue weighted by Crippen LogP contribution is 2.13. The van der Waals surface area contributed by atoms with Crippen LogP contribution in [0.25, 0.3) is 0 Å². The highest BCUT2D eigenvalue weighted by Gasteiger charge is 2.10. The molecule has 3 N–H and O–H groups in total. The number of amides is 3. The van der Waals surface area contributed by atoms with Gasteiger partial charge in [0.15, 0.2) is 0 Å². The Morgan fingerprint density at radius 2 is 1.63 bits per heavy atom. The molecule has 0 saturated heterocycles. The van der Waals surface area contributed by atoms with Crippen LogP contribution in [0, 0.1) is 0 Å². The topological polar surface area (TPSA) is 90.5 Å². The lowest BCUT2D eigenvalue weighted by Crippen LogP contribution is -2.24. The predicted octanol–water partition coefficient (Wildman–Crippen LogP) is 2.19. The lowest BCUT2D eigenvalue weighted by Gasteiger charge is -2.12. The molecule has 142 valence electrons. The number of benzene rings is 2. The van der Waals surface area contributed by atoms with Crippen molar-refractivity contribution in [2.75, 3.05) is 37.8 Å². The molecule has 0 radical (unpaired) electrons. The van der Waals surface area contributed by atoms with Gasteiger partial charge in [0.2, 0.25) is 5.91 Å². The van der Waals surface area contributed by atoms with E-state index in [-0.39, 0.29) is 24.3 Å². The lowest BCUT2D eigenvalue weighted by atomic mass is 10.2. The monoisotopic (exact) mass is 368 g/mol. The van der Waals surface area contributed by atoms with Crippen molar-refractivity contribution in [2.24, 2.45) is 0 Å². The summed E-state index contributed by atoms with van der Waals surface area (Å²) in [4.78, 5) is 37.3. The molecule has 3 amide bonds. The Hall–Kier alpha value is -3.35. The first kappa shape index (κ1) is 20.0. The molecule has 0 fully saturated rings. The van der Waals surface area contributed by atoms with Gasteiger partial charge in [-0.1, -0.05) is 6.07 Å². The Labute approximate surface area is 158 Å². The molecule has 0 unspecified atom stereocenters. The molecular weight excluding hydrogens is 344 g/mol. The van der Waals surface area contributed by atoms with Crippen molar-refractivity contribution in [1.82, 2.24) is 10.2 Å². The van der Waals surface area contributed by atoms with E-state index in [4.69, 9.17) is 0 Å². The minimum atomic E-state index is -0.239. The highest BCUT2D eigenvalue weighted by molar-refractivity contribution is 5.98. The lowest BCUT2D eigenvalue weighted by molar-refractivity contribution is -0.114. The largest absolute Gasteiger partial charge is 0.376 e. The molecule has 0 aromatic heterocycles. The average Bonchev–Trinajstić information content (AvgIpc) is 2.66. The first-order valence-corrected chi connectivity index (χ1v) is 8.64. The molecule has 0 bridgehead atoms. The summed E-state index contributed by atoms with van der Waals surface area (Å²) in [6, 6.07) is 13.7. The van der Waals surface area contributed by atoms with E-state index >= 15 is 0 Å². The van der Waals surface area contributed by atoms with Crippen molar-refractivity contribution in [1.29, 1.82) is 0 Å². The maximum Gasteiger partial charge on any atom is 0.253 e. The normalized spacial score (nSPS) is 10.0. The molecule has 0 aliphatic heterocycles. The van der Waals surface area contributed by atoms with E-state index in [1.54, 1.807) is 62.6 Å². The van der Waals surface area contributed by atoms with E-state index in [0.717, 1.165) is 5.69 Å². The molecule has 7 nitrogen and oxygen atoms in total. The van der Waals surface area contributed by atoms with Crippen LogP contribution in [0.3, 0.4) is 0 Å². The maximum atomic E-state index is 12.1. The molecule has 0 spiro atoms. The van der Waals surface area contributed by atoms with Gasteiger partial charge < -0.3 is 20.9 Å². The predicted molar refractivity (Wildman–Crippen MR) is 106 cm³/mol. The van der Waals surface area contributed by atoms with Crippen molar-refractivity contribution in [3.05, 3.63) is 59.7 Å². The van der Waals surface area contributed by atoms with Crippen LogP contribution >= 0.6 is 0 Å². The minimum absolute atomic E-state index is 0.0619. The summed E-state index contributed by atoms with van der Waals surface area (Å²) in [5, 5.41) is 8.48. The molecule has 0 saturated carbocycles. The third-order valence-corrected chi connectivity index (χ3v) is 3.74. The first-order chi connectivity index (χ1) is 12.9. The number of hydrogen-bond acceptors (Lipinski definition) is 4. The fourth-order valence-corrected chi connectivity index (χ4v) is 2.38. The fraction of sp³-hybridized carbons (Fsp3) is 0.250. The molecule has 2 aromatic carbocycles. The van der Waals surface area contributed by atoms with Crippen LogP contribution < -0.4 is 16.0 Å². The van der Waals surface area contributed by atoms with E-state index in [1.165, 1.54) is 4.90 Å². The van der Waals surface area contributed by atoms with Crippen molar-refractivity contribution >= 4 is 29.1 Å². The van der Waals surface area contributed by atoms with Crippen LogP contribution in [0.4, 0.5) is 11.4 Å². The number of carbonyl (C=O) groups is 3. The average molecular weight is 368 g/mol. The molecule has 0 atom stereocenters. The molecule has 0 heterocycles. The number of carbonyl (C=O) groups excluding carboxylic acids is 3. The van der Waals surface area contributed by atoms with Gasteiger partial charge in [0.05, 0.1) is 6.54 Å². The SMILES string of the molecule is CCNC(=O)c1ccc(NCC(=O)Nc2cccc(C(=O)N(C)C)c2)cc1. The molecule has 2 rings (SSSR count). The molecule has 0 aliphatic rings. The quantitative estimate of drug-likeness (QED) is 0.699. The van der Waals surface area contributed by atoms with Gasteiger partial charge in [0, 0.05) is 43.1 Å². The van der Waals surface area contributed by atoms with Crippen LogP contribution in [-0.4, -0.2) is 49.8 Å². The van der Waals surface area contributed by atoms with Gasteiger partial charge in [0.1, 0.15) is 0 Å². The summed E-state index contributed by atoms with van der Waals surface area (Å²) in [5.41, 5.74) is 2.36. The Morgan fingerprint density at radius 1 is 0.926 bits per heavy atom. The van der Waals surface area contributed by atoms with Crippen molar-refractivity contribution in [3.8, 4) is 0 Å². The van der Waals surface area contributed by atoms with Crippen LogP contribution in [0.15, 0.2) is 48.5 Å². The minimum Gasteiger partial charge on any atom is -0.376 e. The summed E-state index contributed by atoms with van der Waals surface area (Å²) in [7, 11) is 3.35. The summed E-state index contributed by atoms with van der Waals surface area (Å²) in [5.74, 6) is -0.498. The Morgan fingerprint density at radius 3 is 2.26 bits per heavy atom. The van der Waals surface area contributed by atoms with Gasteiger partial charge >= 0.3 is 0 Å². The summed E-state index contributed by atoms with van der Waals surface area (Å²) >= 11 is 0. The second-order valence-corrected chi connectivity index (χ2v) is 6.12. The zero-order chi connectivity index (χ0) is 19.8. The second kappa shape index (κ2) is 9.38. The van der Waals surface area contributed by atoms with Crippen LogP contribution in [0.1, 0.15) is 27.6 Å². The van der Waals surface area contributed by atoms with Crippen molar-refractivity contribution in [3.63, 3.8) is 0 Å². The van der Waals surface area contributed by atoms with E-state index in [0.29, 0.717) is 23.4 Å². The van der Waals surface area contributed by atoms with Gasteiger partial charge in [-0.25, -0.2) is 0 Å². The van der Waals surface area contributed by atoms with Gasteiger partial charge in [-0.2, -0.15) is 0 Å². The van der Waals surface area contributed by atoms with Gasteiger partial charge in [-0.3, -0.25) is 14.4 Å². The maximum absolute atomic E-state index is 12.1. The Balaban J connectivity index is 1.90. The van der Waals surface area contributed by atoms with Crippen molar-refractivity contribution < 1.29 is 14.4 Å². The van der Waals surface area contributed by atoms with Crippen molar-refractivity contribution in [2.45, 2.75) is 6.92 Å². The molecule has 27 heavy (non-hydrogen) atoms. The van der Waals surface area contributed by atoms with Crippen LogP contribution in [0.5, 0.6) is 0 Å². The summed E-state index contributed by atoms with van der Waals surface area (Å²) < 4.78 is 0.